The predicted molar refractivity (Wildman–Crippen MR) is 144 cm³/mol. The van der Waals surface area contributed by atoms with E-state index in [1.165, 1.54) is 30.2 Å². The highest BCUT2D eigenvalue weighted by Gasteiger charge is 2.46. The molecule has 3 aromatic carbocycles. The Morgan fingerprint density at radius 2 is 1.55 bits per heavy atom. The van der Waals surface area contributed by atoms with Crippen LogP contribution in [0.15, 0.2) is 72.3 Å². The van der Waals surface area contributed by atoms with Crippen LogP contribution in [0.2, 0.25) is 5.02 Å². The Labute approximate surface area is 225 Å². The number of aromatic carboxylic acids is 1. The molecular formula is C30H28ClNO6. The Bertz CT molecular complexity index is 1440. The molecule has 1 unspecified atom stereocenters. The number of amides is 1. The number of benzene rings is 3. The molecule has 0 saturated carbocycles. The van der Waals surface area contributed by atoms with Crippen molar-refractivity contribution in [1.29, 1.82) is 0 Å². The summed E-state index contributed by atoms with van der Waals surface area (Å²) in [6.07, 6.45) is 0. The summed E-state index contributed by atoms with van der Waals surface area (Å²) in [4.78, 5) is 39.3. The predicted octanol–water partition coefficient (Wildman–Crippen LogP) is 5.97. The third kappa shape index (κ3) is 5.15. The molecule has 1 fully saturated rings. The van der Waals surface area contributed by atoms with E-state index < -0.39 is 23.7 Å². The summed E-state index contributed by atoms with van der Waals surface area (Å²) in [5, 5.41) is 20.8. The van der Waals surface area contributed by atoms with Crippen molar-refractivity contribution in [2.24, 2.45) is 0 Å². The highest BCUT2D eigenvalue weighted by molar-refractivity contribution is 6.46. The van der Waals surface area contributed by atoms with Gasteiger partial charge in [0.15, 0.2) is 0 Å². The number of carboxylic acids is 1. The first-order chi connectivity index (χ1) is 17.9. The second-order valence-electron chi connectivity index (χ2n) is 10.2. The number of hydrogen-bond acceptors (Lipinski definition) is 5. The number of aliphatic hydroxyl groups excluding tert-OH is 1. The number of rotatable bonds is 6. The molecule has 4 rings (SSSR count). The van der Waals surface area contributed by atoms with Crippen LogP contribution in [-0.2, 0) is 21.5 Å². The second kappa shape index (κ2) is 10.3. The van der Waals surface area contributed by atoms with E-state index in [0.717, 1.165) is 5.56 Å². The average Bonchev–Trinajstić information content (AvgIpc) is 3.13. The van der Waals surface area contributed by atoms with Gasteiger partial charge in [-0.2, -0.15) is 0 Å². The number of halogens is 1. The number of ketones is 1. The second-order valence-corrected chi connectivity index (χ2v) is 10.6. The highest BCUT2D eigenvalue weighted by atomic mass is 35.5. The standard InChI is InChI=1S/C30H28ClNO6/c1-30(2,3)21-12-9-18(10-13-21)25-24(26(33)20-11-14-23(38-4)22(31)15-20)27(34)28(35)32(25)16-17-5-7-19(8-6-17)29(36)37/h5-15,25,33H,16H2,1-4H3,(H,36,37)/b26-24-. The van der Waals surface area contributed by atoms with E-state index >= 15 is 0 Å². The molecule has 1 aliphatic rings. The third-order valence-electron chi connectivity index (χ3n) is 6.61. The summed E-state index contributed by atoms with van der Waals surface area (Å²) < 4.78 is 5.18. The Morgan fingerprint density at radius 3 is 2.08 bits per heavy atom. The van der Waals surface area contributed by atoms with Crippen molar-refractivity contribution in [3.05, 3.63) is 105 Å². The maximum absolute atomic E-state index is 13.3. The number of carbonyl (C=O) groups is 3. The molecule has 1 amide bonds. The molecule has 0 radical (unpaired) electrons. The third-order valence-corrected chi connectivity index (χ3v) is 6.91. The lowest BCUT2D eigenvalue weighted by Crippen LogP contribution is -2.29. The number of carbonyl (C=O) groups excluding carboxylic acids is 2. The summed E-state index contributed by atoms with van der Waals surface area (Å²) in [5.41, 5.74) is 2.59. The van der Waals surface area contributed by atoms with Crippen molar-refractivity contribution < 1.29 is 29.3 Å². The van der Waals surface area contributed by atoms with Crippen LogP contribution >= 0.6 is 11.6 Å². The number of ether oxygens (including phenoxy) is 1. The van der Waals surface area contributed by atoms with Gasteiger partial charge >= 0.3 is 5.97 Å². The van der Waals surface area contributed by atoms with Crippen molar-refractivity contribution in [1.82, 2.24) is 4.90 Å². The first kappa shape index (κ1) is 26.9. The summed E-state index contributed by atoms with van der Waals surface area (Å²) >= 11 is 6.27. The van der Waals surface area contributed by atoms with Crippen molar-refractivity contribution in [3.8, 4) is 5.75 Å². The molecule has 7 nitrogen and oxygen atoms in total. The summed E-state index contributed by atoms with van der Waals surface area (Å²) in [6.45, 7) is 6.29. The number of nitrogens with zero attached hydrogens (tertiary/aromatic N) is 1. The van der Waals surface area contributed by atoms with Gasteiger partial charge < -0.3 is 19.8 Å². The highest BCUT2D eigenvalue weighted by Crippen LogP contribution is 2.41. The van der Waals surface area contributed by atoms with Crippen LogP contribution in [0.5, 0.6) is 5.75 Å². The fourth-order valence-electron chi connectivity index (χ4n) is 4.47. The first-order valence-corrected chi connectivity index (χ1v) is 12.3. The van der Waals surface area contributed by atoms with Gasteiger partial charge in [0.2, 0.25) is 0 Å². The fraction of sp³-hybridized carbons (Fsp3) is 0.233. The Hall–Kier alpha value is -4.10. The van der Waals surface area contributed by atoms with Crippen LogP contribution in [0.25, 0.3) is 5.76 Å². The maximum atomic E-state index is 13.3. The Morgan fingerprint density at radius 1 is 0.947 bits per heavy atom. The number of Topliss-reactive ketones (excluding diaryl/α,β-unsaturated/α-hetero) is 1. The van der Waals surface area contributed by atoms with Crippen LogP contribution in [0.4, 0.5) is 0 Å². The summed E-state index contributed by atoms with van der Waals surface area (Å²) in [7, 11) is 1.47. The first-order valence-electron chi connectivity index (χ1n) is 12.0. The number of likely N-dealkylation sites (tertiary alicyclic amines) is 1. The minimum Gasteiger partial charge on any atom is -0.507 e. The van der Waals surface area contributed by atoms with Crippen LogP contribution in [0.3, 0.4) is 0 Å². The minimum atomic E-state index is -1.06. The van der Waals surface area contributed by atoms with Crippen molar-refractivity contribution >= 4 is 35.0 Å². The van der Waals surface area contributed by atoms with Gasteiger partial charge in [0.1, 0.15) is 11.5 Å². The molecule has 0 aromatic heterocycles. The maximum Gasteiger partial charge on any atom is 0.335 e. The lowest BCUT2D eigenvalue weighted by molar-refractivity contribution is -0.140. The smallest absolute Gasteiger partial charge is 0.335 e. The van der Waals surface area contributed by atoms with Gasteiger partial charge in [0.05, 0.1) is 29.3 Å². The summed E-state index contributed by atoms with van der Waals surface area (Å²) in [5.74, 6) is -2.58. The van der Waals surface area contributed by atoms with Gasteiger partial charge in [-0.15, -0.1) is 0 Å². The number of aliphatic hydroxyl groups is 1. The van der Waals surface area contributed by atoms with E-state index in [1.54, 1.807) is 24.3 Å². The van der Waals surface area contributed by atoms with E-state index in [1.807, 2.05) is 24.3 Å². The lowest BCUT2D eigenvalue weighted by Gasteiger charge is -2.26. The molecule has 8 heteroatoms. The molecule has 0 bridgehead atoms. The number of methoxy groups -OCH3 is 1. The van der Waals surface area contributed by atoms with Crippen LogP contribution in [0.1, 0.15) is 59.4 Å². The summed E-state index contributed by atoms with van der Waals surface area (Å²) in [6, 6.07) is 17.4. The monoisotopic (exact) mass is 533 g/mol. The quantitative estimate of drug-likeness (QED) is 0.230. The lowest BCUT2D eigenvalue weighted by atomic mass is 9.85. The van der Waals surface area contributed by atoms with Crippen LogP contribution in [0, 0.1) is 0 Å². The molecule has 1 aliphatic heterocycles. The van der Waals surface area contributed by atoms with Crippen molar-refractivity contribution in [3.63, 3.8) is 0 Å². The topological polar surface area (TPSA) is 104 Å². The van der Waals surface area contributed by atoms with Gasteiger partial charge in [-0.1, -0.05) is 68.8 Å². The van der Waals surface area contributed by atoms with Gasteiger partial charge in [-0.3, -0.25) is 9.59 Å². The van der Waals surface area contributed by atoms with E-state index in [0.29, 0.717) is 16.9 Å². The van der Waals surface area contributed by atoms with Crippen molar-refractivity contribution in [2.75, 3.05) is 7.11 Å². The zero-order valence-corrected chi connectivity index (χ0v) is 22.2. The molecular weight excluding hydrogens is 506 g/mol. The molecule has 196 valence electrons. The van der Waals surface area contributed by atoms with E-state index in [-0.39, 0.29) is 39.4 Å². The fourth-order valence-corrected chi connectivity index (χ4v) is 4.73. The zero-order chi connectivity index (χ0) is 27.8. The molecule has 3 aromatic rings. The van der Waals surface area contributed by atoms with Crippen molar-refractivity contribution in [2.45, 2.75) is 38.8 Å². The van der Waals surface area contributed by atoms with E-state index in [4.69, 9.17) is 16.3 Å². The molecule has 2 N–H and O–H groups in total. The molecule has 1 saturated heterocycles. The normalized spacial score (nSPS) is 17.1. The molecule has 0 aliphatic carbocycles. The number of carboxylic acid groups (broad SMARTS) is 1. The largest absolute Gasteiger partial charge is 0.507 e. The molecule has 0 spiro atoms. The van der Waals surface area contributed by atoms with Crippen LogP contribution in [-0.4, -0.2) is 39.9 Å². The molecule has 38 heavy (non-hydrogen) atoms. The zero-order valence-electron chi connectivity index (χ0n) is 21.5. The number of hydrogen-bond donors (Lipinski definition) is 2. The Kier molecular flexibility index (Phi) is 7.33. The van der Waals surface area contributed by atoms with Gasteiger partial charge in [-0.25, -0.2) is 4.79 Å². The Balaban J connectivity index is 1.84. The minimum absolute atomic E-state index is 0.0380. The average molecular weight is 534 g/mol. The molecule has 1 atom stereocenters. The molecule has 1 heterocycles. The van der Waals surface area contributed by atoms with E-state index in [9.17, 15) is 24.6 Å². The SMILES string of the molecule is COc1ccc(/C(O)=C2/C(=O)C(=O)N(Cc3ccc(C(=O)O)cc3)C2c2ccc(C(C)(C)C)cc2)cc1Cl. The van der Waals surface area contributed by atoms with Gasteiger partial charge in [0, 0.05) is 12.1 Å². The van der Waals surface area contributed by atoms with Gasteiger partial charge in [-0.05, 0) is 52.4 Å². The van der Waals surface area contributed by atoms with Crippen LogP contribution < -0.4 is 4.74 Å². The van der Waals surface area contributed by atoms with E-state index in [2.05, 4.69) is 20.8 Å². The van der Waals surface area contributed by atoms with Gasteiger partial charge in [0.25, 0.3) is 11.7 Å².